The number of nitrogens with zero attached hydrogens (tertiary/aromatic N) is 5. The van der Waals surface area contributed by atoms with E-state index in [1.165, 1.54) is 11.4 Å². The Balaban J connectivity index is 1.28. The molecule has 1 fully saturated rings. The number of carbonyl (C=O) groups excluding carboxylic acids is 1. The van der Waals surface area contributed by atoms with Gasteiger partial charge in [0.25, 0.3) is 0 Å². The van der Waals surface area contributed by atoms with Crippen molar-refractivity contribution in [1.29, 1.82) is 0 Å². The van der Waals surface area contributed by atoms with Gasteiger partial charge < -0.3 is 9.64 Å². The Labute approximate surface area is 181 Å². The highest BCUT2D eigenvalue weighted by Crippen LogP contribution is 2.21. The number of carbonyl (C=O) groups is 1. The molecule has 0 atom stereocenters. The summed E-state index contributed by atoms with van der Waals surface area (Å²) in [4.78, 5) is 14.6. The quantitative estimate of drug-likeness (QED) is 0.550. The molecule has 2 aromatic heterocycles. The van der Waals surface area contributed by atoms with Gasteiger partial charge in [-0.1, -0.05) is 6.07 Å². The number of rotatable bonds is 7. The first kappa shape index (κ1) is 21.3. The maximum absolute atomic E-state index is 12.8. The highest BCUT2D eigenvalue weighted by Gasteiger charge is 2.30. The number of sulfonamides is 1. The standard InChI is InChI=1S/C21H25N5O4S/c1-30-17-8-10-18(11-9-17)31(28,29)25-15-13-24(14-16-25)21(27)7-4-6-20-23-22-19-5-2-3-12-26(19)20/h2-3,5,8-12H,4,6-7,13-16H2,1H3. The van der Waals surface area contributed by atoms with Crippen molar-refractivity contribution in [2.75, 3.05) is 33.3 Å². The fraction of sp³-hybridized carbons (Fsp3) is 0.381. The lowest BCUT2D eigenvalue weighted by Crippen LogP contribution is -2.50. The molecule has 10 heteroatoms. The van der Waals surface area contributed by atoms with Crippen LogP contribution in [-0.2, 0) is 21.2 Å². The molecule has 0 aliphatic carbocycles. The molecular formula is C21H25N5O4S. The Hall–Kier alpha value is -2.98. The number of aromatic nitrogens is 3. The van der Waals surface area contributed by atoms with Crippen LogP contribution in [0, 0.1) is 0 Å². The Bertz CT molecular complexity index is 1150. The van der Waals surface area contributed by atoms with E-state index in [-0.39, 0.29) is 23.9 Å². The molecular weight excluding hydrogens is 418 g/mol. The molecule has 0 saturated carbocycles. The van der Waals surface area contributed by atoms with Crippen molar-refractivity contribution in [1.82, 2.24) is 23.8 Å². The highest BCUT2D eigenvalue weighted by molar-refractivity contribution is 7.89. The number of fused-ring (bicyclic) bond motifs is 1. The number of methoxy groups -OCH3 is 1. The Morgan fingerprint density at radius 1 is 1.03 bits per heavy atom. The zero-order chi connectivity index (χ0) is 21.8. The second-order valence-electron chi connectivity index (χ2n) is 7.36. The van der Waals surface area contributed by atoms with E-state index >= 15 is 0 Å². The van der Waals surface area contributed by atoms with E-state index in [9.17, 15) is 13.2 Å². The number of aryl methyl sites for hydroxylation is 1. The molecule has 1 aliphatic heterocycles. The largest absolute Gasteiger partial charge is 0.497 e. The maximum atomic E-state index is 12.8. The maximum Gasteiger partial charge on any atom is 0.243 e. The van der Waals surface area contributed by atoms with Crippen LogP contribution in [0.3, 0.4) is 0 Å². The highest BCUT2D eigenvalue weighted by atomic mass is 32.2. The predicted molar refractivity (Wildman–Crippen MR) is 114 cm³/mol. The summed E-state index contributed by atoms with van der Waals surface area (Å²) in [5, 5.41) is 8.31. The van der Waals surface area contributed by atoms with E-state index < -0.39 is 10.0 Å². The van der Waals surface area contributed by atoms with E-state index in [1.807, 2.05) is 28.8 Å². The number of ether oxygens (including phenoxy) is 1. The third kappa shape index (κ3) is 4.54. The van der Waals surface area contributed by atoms with Gasteiger partial charge in [-0.05, 0) is 42.8 Å². The van der Waals surface area contributed by atoms with Crippen LogP contribution in [0.5, 0.6) is 5.75 Å². The van der Waals surface area contributed by atoms with Crippen LogP contribution in [0.15, 0.2) is 53.6 Å². The average Bonchev–Trinajstić information content (AvgIpc) is 3.22. The second-order valence-corrected chi connectivity index (χ2v) is 9.30. The molecule has 164 valence electrons. The van der Waals surface area contributed by atoms with Gasteiger partial charge in [0, 0.05) is 45.2 Å². The molecule has 0 N–H and O–H groups in total. The first-order valence-corrected chi connectivity index (χ1v) is 11.6. The molecule has 0 unspecified atom stereocenters. The second kappa shape index (κ2) is 9.03. The zero-order valence-corrected chi connectivity index (χ0v) is 18.2. The summed E-state index contributed by atoms with van der Waals surface area (Å²) in [5.74, 6) is 1.47. The Morgan fingerprint density at radius 2 is 1.77 bits per heavy atom. The van der Waals surface area contributed by atoms with Crippen molar-refractivity contribution >= 4 is 21.6 Å². The van der Waals surface area contributed by atoms with E-state index in [2.05, 4.69) is 10.2 Å². The summed E-state index contributed by atoms with van der Waals surface area (Å²) in [6.45, 7) is 1.36. The first-order valence-electron chi connectivity index (χ1n) is 10.2. The molecule has 31 heavy (non-hydrogen) atoms. The van der Waals surface area contributed by atoms with Crippen molar-refractivity contribution in [3.8, 4) is 5.75 Å². The fourth-order valence-electron chi connectivity index (χ4n) is 3.69. The third-order valence-corrected chi connectivity index (χ3v) is 7.38. The lowest BCUT2D eigenvalue weighted by molar-refractivity contribution is -0.132. The van der Waals surface area contributed by atoms with Crippen molar-refractivity contribution in [2.45, 2.75) is 24.2 Å². The lowest BCUT2D eigenvalue weighted by Gasteiger charge is -2.34. The lowest BCUT2D eigenvalue weighted by atomic mass is 10.2. The average molecular weight is 444 g/mol. The van der Waals surface area contributed by atoms with Crippen LogP contribution in [0.25, 0.3) is 5.65 Å². The van der Waals surface area contributed by atoms with Crippen molar-refractivity contribution in [3.05, 3.63) is 54.5 Å². The smallest absolute Gasteiger partial charge is 0.243 e. The fourth-order valence-corrected chi connectivity index (χ4v) is 5.11. The van der Waals surface area contributed by atoms with Gasteiger partial charge in [-0.3, -0.25) is 9.20 Å². The van der Waals surface area contributed by atoms with Gasteiger partial charge in [-0.15, -0.1) is 10.2 Å². The van der Waals surface area contributed by atoms with Crippen LogP contribution in [0.4, 0.5) is 0 Å². The van der Waals surface area contributed by atoms with Gasteiger partial charge in [-0.2, -0.15) is 4.31 Å². The van der Waals surface area contributed by atoms with Gasteiger partial charge in [0.05, 0.1) is 12.0 Å². The van der Waals surface area contributed by atoms with Crippen molar-refractivity contribution < 1.29 is 17.9 Å². The third-order valence-electron chi connectivity index (χ3n) is 5.46. The van der Waals surface area contributed by atoms with Crippen LogP contribution in [0.1, 0.15) is 18.7 Å². The summed E-state index contributed by atoms with van der Waals surface area (Å²) in [6, 6.07) is 12.1. The molecule has 3 heterocycles. The number of hydrogen-bond donors (Lipinski definition) is 0. The SMILES string of the molecule is COc1ccc(S(=O)(=O)N2CCN(C(=O)CCCc3nnc4ccccn34)CC2)cc1. The van der Waals surface area contributed by atoms with Crippen LogP contribution < -0.4 is 4.74 Å². The molecule has 3 aromatic rings. The van der Waals surface area contributed by atoms with Gasteiger partial charge in [0.2, 0.25) is 15.9 Å². The zero-order valence-electron chi connectivity index (χ0n) is 17.3. The normalized spacial score (nSPS) is 15.3. The first-order chi connectivity index (χ1) is 15.0. The van der Waals surface area contributed by atoms with Crippen molar-refractivity contribution in [2.24, 2.45) is 0 Å². The molecule has 9 nitrogen and oxygen atoms in total. The van der Waals surface area contributed by atoms with Crippen molar-refractivity contribution in [3.63, 3.8) is 0 Å². The molecule has 0 spiro atoms. The van der Waals surface area contributed by atoms with Gasteiger partial charge in [0.15, 0.2) is 5.65 Å². The number of hydrogen-bond acceptors (Lipinski definition) is 6. The number of amides is 1. The van der Waals surface area contributed by atoms with E-state index in [1.54, 1.807) is 29.2 Å². The molecule has 1 saturated heterocycles. The summed E-state index contributed by atoms with van der Waals surface area (Å²) >= 11 is 0. The number of benzene rings is 1. The Morgan fingerprint density at radius 3 is 2.48 bits per heavy atom. The summed E-state index contributed by atoms with van der Waals surface area (Å²) < 4.78 is 34.1. The molecule has 1 aromatic carbocycles. The van der Waals surface area contributed by atoms with Gasteiger partial charge in [0.1, 0.15) is 11.6 Å². The Kier molecular flexibility index (Phi) is 6.19. The monoisotopic (exact) mass is 443 g/mol. The number of pyridine rings is 1. The topological polar surface area (TPSA) is 97.1 Å². The van der Waals surface area contributed by atoms with Crippen LogP contribution in [0.2, 0.25) is 0 Å². The summed E-state index contributed by atoms with van der Waals surface area (Å²) in [7, 11) is -2.05. The molecule has 1 amide bonds. The predicted octanol–water partition coefficient (Wildman–Crippen LogP) is 1.59. The number of piperazine rings is 1. The van der Waals surface area contributed by atoms with E-state index in [4.69, 9.17) is 4.74 Å². The summed E-state index contributed by atoms with van der Waals surface area (Å²) in [5.41, 5.74) is 0.790. The molecule has 1 aliphatic rings. The minimum absolute atomic E-state index is 0.0373. The van der Waals surface area contributed by atoms with E-state index in [0.29, 0.717) is 38.1 Å². The minimum Gasteiger partial charge on any atom is -0.497 e. The molecule has 4 rings (SSSR count). The molecule has 0 radical (unpaired) electrons. The van der Waals surface area contributed by atoms with Gasteiger partial charge >= 0.3 is 0 Å². The van der Waals surface area contributed by atoms with Crippen LogP contribution in [-0.4, -0.2) is 71.4 Å². The minimum atomic E-state index is -3.58. The molecule has 0 bridgehead atoms. The van der Waals surface area contributed by atoms with E-state index in [0.717, 1.165) is 11.5 Å². The van der Waals surface area contributed by atoms with Gasteiger partial charge in [-0.25, -0.2) is 8.42 Å². The summed E-state index contributed by atoms with van der Waals surface area (Å²) in [6.07, 6.45) is 3.63. The van der Waals surface area contributed by atoms with Crippen LogP contribution >= 0.6 is 0 Å².